The fourth-order valence-electron chi connectivity index (χ4n) is 4.05. The highest BCUT2D eigenvalue weighted by Gasteiger charge is 2.23. The van der Waals surface area contributed by atoms with Crippen LogP contribution in [0.25, 0.3) is 22.0 Å². The van der Waals surface area contributed by atoms with Crippen molar-refractivity contribution in [2.75, 3.05) is 32.2 Å². The normalized spacial score (nSPS) is 14.9. The van der Waals surface area contributed by atoms with Gasteiger partial charge in [-0.25, -0.2) is 4.98 Å². The van der Waals surface area contributed by atoms with Gasteiger partial charge in [-0.15, -0.1) is 0 Å². The van der Waals surface area contributed by atoms with Gasteiger partial charge in [0.1, 0.15) is 17.3 Å². The van der Waals surface area contributed by atoms with Crippen LogP contribution in [0.3, 0.4) is 0 Å². The summed E-state index contributed by atoms with van der Waals surface area (Å²) in [5.41, 5.74) is 3.86. The lowest BCUT2D eigenvalue weighted by Crippen LogP contribution is -2.36. The SMILES string of the molecule is COc1cc(OC)c(I)c(-c2cc3cnc(C)cc3c(N3CCC(O)CC3)n2)c1C. The summed E-state index contributed by atoms with van der Waals surface area (Å²) in [7, 11) is 3.34. The van der Waals surface area contributed by atoms with Gasteiger partial charge in [0.15, 0.2) is 0 Å². The first-order valence-corrected chi connectivity index (χ1v) is 11.1. The molecule has 6 nitrogen and oxygen atoms in total. The van der Waals surface area contributed by atoms with Gasteiger partial charge in [-0.1, -0.05) is 0 Å². The number of piperidine rings is 1. The lowest BCUT2D eigenvalue weighted by molar-refractivity contribution is 0.145. The molecule has 0 unspecified atom stereocenters. The number of anilines is 1. The second kappa shape index (κ2) is 8.55. The van der Waals surface area contributed by atoms with Gasteiger partial charge in [-0.2, -0.15) is 0 Å². The summed E-state index contributed by atoms with van der Waals surface area (Å²) in [6.45, 7) is 5.61. The van der Waals surface area contributed by atoms with E-state index in [-0.39, 0.29) is 6.10 Å². The number of ether oxygens (including phenoxy) is 2. The molecule has 1 aliphatic rings. The van der Waals surface area contributed by atoms with Crippen molar-refractivity contribution in [1.82, 2.24) is 9.97 Å². The number of hydrogen-bond acceptors (Lipinski definition) is 6. The molecule has 1 aromatic carbocycles. The monoisotopic (exact) mass is 519 g/mol. The average Bonchev–Trinajstić information content (AvgIpc) is 2.74. The highest BCUT2D eigenvalue weighted by molar-refractivity contribution is 14.1. The van der Waals surface area contributed by atoms with E-state index in [1.54, 1.807) is 14.2 Å². The van der Waals surface area contributed by atoms with Crippen molar-refractivity contribution in [3.05, 3.63) is 39.2 Å². The Kier molecular flexibility index (Phi) is 6.02. The van der Waals surface area contributed by atoms with Crippen LogP contribution in [0.4, 0.5) is 5.82 Å². The van der Waals surface area contributed by atoms with Crippen LogP contribution < -0.4 is 14.4 Å². The number of aryl methyl sites for hydroxylation is 1. The molecule has 0 amide bonds. The Hall–Kier alpha value is -2.13. The molecule has 3 heterocycles. The largest absolute Gasteiger partial charge is 0.496 e. The third-order valence-corrected chi connectivity index (χ3v) is 6.80. The molecule has 30 heavy (non-hydrogen) atoms. The van der Waals surface area contributed by atoms with Crippen molar-refractivity contribution in [3.8, 4) is 22.8 Å². The number of halogens is 1. The predicted molar refractivity (Wildman–Crippen MR) is 128 cm³/mol. The molecule has 0 radical (unpaired) electrons. The lowest BCUT2D eigenvalue weighted by Gasteiger charge is -2.31. The zero-order valence-corrected chi connectivity index (χ0v) is 19.9. The molecule has 0 saturated carbocycles. The second-order valence-corrected chi connectivity index (χ2v) is 8.77. The van der Waals surface area contributed by atoms with Crippen LogP contribution in [-0.2, 0) is 0 Å². The van der Waals surface area contributed by atoms with Crippen LogP contribution in [0.2, 0.25) is 0 Å². The maximum absolute atomic E-state index is 9.97. The smallest absolute Gasteiger partial charge is 0.137 e. The summed E-state index contributed by atoms with van der Waals surface area (Å²) in [6, 6.07) is 6.10. The summed E-state index contributed by atoms with van der Waals surface area (Å²) in [4.78, 5) is 11.9. The van der Waals surface area contributed by atoms with Crippen molar-refractivity contribution in [1.29, 1.82) is 0 Å². The molecule has 2 aromatic heterocycles. The summed E-state index contributed by atoms with van der Waals surface area (Å²) in [5, 5.41) is 12.1. The number of aliphatic hydroxyl groups is 1. The first kappa shape index (κ1) is 21.1. The minimum absolute atomic E-state index is 0.232. The number of fused-ring (bicyclic) bond motifs is 1. The number of aromatic nitrogens is 2. The van der Waals surface area contributed by atoms with Crippen LogP contribution in [0, 0.1) is 17.4 Å². The van der Waals surface area contributed by atoms with Crippen molar-refractivity contribution in [2.24, 2.45) is 0 Å². The summed E-state index contributed by atoms with van der Waals surface area (Å²) in [5.74, 6) is 2.48. The molecule has 1 aliphatic heterocycles. The zero-order valence-electron chi connectivity index (χ0n) is 17.7. The molecule has 1 fully saturated rings. The number of benzene rings is 1. The molecule has 1 N–H and O–H groups in total. The number of aliphatic hydroxyl groups excluding tert-OH is 1. The maximum Gasteiger partial charge on any atom is 0.137 e. The molecule has 4 rings (SSSR count). The highest BCUT2D eigenvalue weighted by Crippen LogP contribution is 2.41. The minimum Gasteiger partial charge on any atom is -0.496 e. The van der Waals surface area contributed by atoms with Gasteiger partial charge in [-0.3, -0.25) is 4.98 Å². The van der Waals surface area contributed by atoms with Crippen LogP contribution in [0.5, 0.6) is 11.5 Å². The van der Waals surface area contributed by atoms with Gasteiger partial charge in [0, 0.05) is 52.9 Å². The number of methoxy groups -OCH3 is 2. The maximum atomic E-state index is 9.97. The fraction of sp³-hybridized carbons (Fsp3) is 0.391. The van der Waals surface area contributed by atoms with Crippen LogP contribution in [0.1, 0.15) is 24.1 Å². The average molecular weight is 519 g/mol. The van der Waals surface area contributed by atoms with E-state index in [0.29, 0.717) is 0 Å². The van der Waals surface area contributed by atoms with Gasteiger partial charge in [-0.05, 0) is 61.4 Å². The molecule has 0 bridgehead atoms. The number of nitrogens with zero attached hydrogens (tertiary/aromatic N) is 3. The van der Waals surface area contributed by atoms with Crippen LogP contribution >= 0.6 is 22.6 Å². The second-order valence-electron chi connectivity index (χ2n) is 7.69. The Labute approximate surface area is 190 Å². The van der Waals surface area contributed by atoms with E-state index in [4.69, 9.17) is 14.5 Å². The molecule has 1 saturated heterocycles. The van der Waals surface area contributed by atoms with E-state index in [0.717, 1.165) is 80.1 Å². The zero-order chi connectivity index (χ0) is 21.4. The van der Waals surface area contributed by atoms with Crippen molar-refractivity contribution in [2.45, 2.75) is 32.8 Å². The van der Waals surface area contributed by atoms with Gasteiger partial charge >= 0.3 is 0 Å². The molecular weight excluding hydrogens is 493 g/mol. The number of hydrogen-bond donors (Lipinski definition) is 1. The van der Waals surface area contributed by atoms with E-state index in [2.05, 4.69) is 44.6 Å². The molecular formula is C23H26IN3O3. The molecule has 158 valence electrons. The topological polar surface area (TPSA) is 67.7 Å². The lowest BCUT2D eigenvalue weighted by atomic mass is 10.0. The Bertz CT molecular complexity index is 1070. The Morgan fingerprint density at radius 2 is 1.77 bits per heavy atom. The first-order valence-electron chi connectivity index (χ1n) is 10.0. The van der Waals surface area contributed by atoms with Crippen molar-refractivity contribution >= 4 is 39.2 Å². The Morgan fingerprint density at radius 1 is 1.07 bits per heavy atom. The molecule has 0 atom stereocenters. The summed E-state index contributed by atoms with van der Waals surface area (Å²) < 4.78 is 12.2. The van der Waals surface area contributed by atoms with E-state index in [9.17, 15) is 5.11 Å². The Morgan fingerprint density at radius 3 is 2.43 bits per heavy atom. The third-order valence-electron chi connectivity index (χ3n) is 5.73. The van der Waals surface area contributed by atoms with Crippen molar-refractivity contribution < 1.29 is 14.6 Å². The highest BCUT2D eigenvalue weighted by atomic mass is 127. The van der Waals surface area contributed by atoms with Crippen LogP contribution in [0.15, 0.2) is 24.4 Å². The van der Waals surface area contributed by atoms with E-state index in [1.165, 1.54) is 0 Å². The predicted octanol–water partition coefficient (Wildman–Crippen LogP) is 4.50. The van der Waals surface area contributed by atoms with E-state index < -0.39 is 0 Å². The van der Waals surface area contributed by atoms with E-state index >= 15 is 0 Å². The van der Waals surface area contributed by atoms with Gasteiger partial charge < -0.3 is 19.5 Å². The molecule has 0 spiro atoms. The standard InChI is InChI=1S/C23H26IN3O3/c1-13-9-17-15(12-25-13)10-18(26-23(17)27-7-5-16(28)6-8-27)21-14(2)19(29-3)11-20(30-4)22(21)24/h9-12,16,28H,5-8H2,1-4H3. The van der Waals surface area contributed by atoms with Gasteiger partial charge in [0.2, 0.25) is 0 Å². The van der Waals surface area contributed by atoms with Gasteiger partial charge in [0.25, 0.3) is 0 Å². The van der Waals surface area contributed by atoms with Gasteiger partial charge in [0.05, 0.1) is 29.6 Å². The van der Waals surface area contributed by atoms with Crippen molar-refractivity contribution in [3.63, 3.8) is 0 Å². The molecule has 3 aromatic rings. The summed E-state index contributed by atoms with van der Waals surface area (Å²) in [6.07, 6.45) is 3.18. The number of rotatable bonds is 4. The third kappa shape index (κ3) is 3.80. The fourth-order valence-corrected chi connectivity index (χ4v) is 5.10. The Balaban J connectivity index is 1.96. The van der Waals surface area contributed by atoms with Crippen LogP contribution in [-0.4, -0.2) is 48.5 Å². The molecule has 0 aliphatic carbocycles. The molecule has 7 heteroatoms. The number of pyridine rings is 2. The first-order chi connectivity index (χ1) is 14.4. The minimum atomic E-state index is -0.232. The van der Waals surface area contributed by atoms with E-state index in [1.807, 2.05) is 26.1 Å². The summed E-state index contributed by atoms with van der Waals surface area (Å²) >= 11 is 2.32. The quantitative estimate of drug-likeness (QED) is 0.513.